The number of anilines is 1. The molecule has 1 aliphatic rings. The molecule has 154 valence electrons. The van der Waals surface area contributed by atoms with Crippen molar-refractivity contribution in [3.63, 3.8) is 0 Å². The zero-order chi connectivity index (χ0) is 20.6. The van der Waals surface area contributed by atoms with Crippen molar-refractivity contribution in [3.8, 4) is 0 Å². The van der Waals surface area contributed by atoms with Gasteiger partial charge in [-0.2, -0.15) is 0 Å². The van der Waals surface area contributed by atoms with Crippen LogP contribution in [0.3, 0.4) is 0 Å². The van der Waals surface area contributed by atoms with Crippen molar-refractivity contribution in [1.29, 1.82) is 0 Å². The summed E-state index contributed by atoms with van der Waals surface area (Å²) in [6.07, 6.45) is 2.25. The molecule has 29 heavy (non-hydrogen) atoms. The highest BCUT2D eigenvalue weighted by molar-refractivity contribution is 6.03. The third-order valence-corrected chi connectivity index (χ3v) is 5.63. The van der Waals surface area contributed by atoms with E-state index >= 15 is 0 Å². The van der Waals surface area contributed by atoms with Crippen LogP contribution in [0, 0.1) is 0 Å². The standard InChI is InChI=1S/C24H31N3O2/c1-3-19(20-10-5-4-6-11-20)18-23(28)25-22-13-8-7-12-21(22)24(29)27-15-9-14-26(2)16-17-27/h4-8,10-13,19H,3,9,14-18H2,1-2H3,(H,25,28). The zero-order valence-electron chi connectivity index (χ0n) is 17.4. The molecule has 5 heteroatoms. The molecule has 0 aliphatic carbocycles. The maximum absolute atomic E-state index is 13.1. The quantitative estimate of drug-likeness (QED) is 0.807. The second kappa shape index (κ2) is 10.2. The smallest absolute Gasteiger partial charge is 0.256 e. The molecule has 3 rings (SSSR count). The number of benzene rings is 2. The Kier molecular flexibility index (Phi) is 7.42. The van der Waals surface area contributed by atoms with Gasteiger partial charge in [0.2, 0.25) is 5.91 Å². The third-order valence-electron chi connectivity index (χ3n) is 5.63. The van der Waals surface area contributed by atoms with E-state index in [1.807, 2.05) is 41.3 Å². The van der Waals surface area contributed by atoms with Crippen LogP contribution in [-0.2, 0) is 4.79 Å². The van der Waals surface area contributed by atoms with E-state index < -0.39 is 0 Å². The van der Waals surface area contributed by atoms with Crippen molar-refractivity contribution in [2.24, 2.45) is 0 Å². The van der Waals surface area contributed by atoms with Crippen LogP contribution in [0.5, 0.6) is 0 Å². The van der Waals surface area contributed by atoms with Crippen LogP contribution in [-0.4, -0.2) is 54.8 Å². The molecule has 2 aromatic rings. The normalized spacial score (nSPS) is 16.1. The highest BCUT2D eigenvalue weighted by atomic mass is 16.2. The first kappa shape index (κ1) is 21.1. The number of amides is 2. The number of para-hydroxylation sites is 1. The molecule has 0 bridgehead atoms. The summed E-state index contributed by atoms with van der Waals surface area (Å²) in [5.41, 5.74) is 2.34. The lowest BCUT2D eigenvalue weighted by molar-refractivity contribution is -0.116. The van der Waals surface area contributed by atoms with Crippen LogP contribution in [0.2, 0.25) is 0 Å². The Morgan fingerprint density at radius 1 is 0.966 bits per heavy atom. The molecule has 1 heterocycles. The number of nitrogens with zero attached hydrogens (tertiary/aromatic N) is 2. The predicted octanol–water partition coefficient (Wildman–Crippen LogP) is 3.99. The van der Waals surface area contributed by atoms with Gasteiger partial charge >= 0.3 is 0 Å². The average molecular weight is 394 g/mol. The van der Waals surface area contributed by atoms with E-state index in [1.54, 1.807) is 6.07 Å². The van der Waals surface area contributed by atoms with E-state index in [-0.39, 0.29) is 17.7 Å². The van der Waals surface area contributed by atoms with Crippen molar-refractivity contribution < 1.29 is 9.59 Å². The number of rotatable bonds is 6. The van der Waals surface area contributed by atoms with Crippen molar-refractivity contribution in [1.82, 2.24) is 9.80 Å². The van der Waals surface area contributed by atoms with E-state index in [9.17, 15) is 9.59 Å². The van der Waals surface area contributed by atoms with Crippen molar-refractivity contribution >= 4 is 17.5 Å². The molecular formula is C24H31N3O2. The van der Waals surface area contributed by atoms with E-state index in [0.29, 0.717) is 24.2 Å². The fraction of sp³-hybridized carbons (Fsp3) is 0.417. The lowest BCUT2D eigenvalue weighted by atomic mass is 9.93. The largest absolute Gasteiger partial charge is 0.337 e. The molecular weight excluding hydrogens is 362 g/mol. The highest BCUT2D eigenvalue weighted by Gasteiger charge is 2.22. The van der Waals surface area contributed by atoms with E-state index in [4.69, 9.17) is 0 Å². The first-order valence-corrected chi connectivity index (χ1v) is 10.5. The molecule has 0 radical (unpaired) electrons. The number of hydrogen-bond donors (Lipinski definition) is 1. The fourth-order valence-corrected chi connectivity index (χ4v) is 3.85. The van der Waals surface area contributed by atoms with E-state index in [0.717, 1.165) is 32.5 Å². The first-order valence-electron chi connectivity index (χ1n) is 10.5. The molecule has 1 unspecified atom stereocenters. The van der Waals surface area contributed by atoms with Crippen LogP contribution < -0.4 is 5.32 Å². The predicted molar refractivity (Wildman–Crippen MR) is 117 cm³/mol. The highest BCUT2D eigenvalue weighted by Crippen LogP contribution is 2.25. The molecule has 1 saturated heterocycles. The second-order valence-corrected chi connectivity index (χ2v) is 7.76. The van der Waals surface area contributed by atoms with Crippen molar-refractivity contribution in [2.75, 3.05) is 38.5 Å². The van der Waals surface area contributed by atoms with Gasteiger partial charge in [0.05, 0.1) is 11.3 Å². The number of likely N-dealkylation sites (N-methyl/N-ethyl adjacent to an activating group) is 1. The molecule has 5 nitrogen and oxygen atoms in total. The van der Waals surface area contributed by atoms with Gasteiger partial charge in [0.25, 0.3) is 5.91 Å². The minimum Gasteiger partial charge on any atom is -0.337 e. The van der Waals surface area contributed by atoms with Crippen molar-refractivity contribution in [3.05, 3.63) is 65.7 Å². The van der Waals surface area contributed by atoms with Crippen LogP contribution in [0.4, 0.5) is 5.69 Å². The average Bonchev–Trinajstić information content (AvgIpc) is 2.97. The Hall–Kier alpha value is -2.66. The summed E-state index contributed by atoms with van der Waals surface area (Å²) in [5.74, 6) is 0.100. The summed E-state index contributed by atoms with van der Waals surface area (Å²) in [4.78, 5) is 30.0. The summed E-state index contributed by atoms with van der Waals surface area (Å²) in [6, 6.07) is 17.5. The SMILES string of the molecule is CCC(CC(=O)Nc1ccccc1C(=O)N1CCCN(C)CC1)c1ccccc1. The maximum atomic E-state index is 13.1. The molecule has 2 aromatic carbocycles. The first-order chi connectivity index (χ1) is 14.1. The minimum absolute atomic E-state index is 0.00805. The zero-order valence-corrected chi connectivity index (χ0v) is 17.4. The molecule has 1 fully saturated rings. The molecule has 1 N–H and O–H groups in total. The summed E-state index contributed by atoms with van der Waals surface area (Å²) >= 11 is 0. The lowest BCUT2D eigenvalue weighted by Gasteiger charge is -2.22. The van der Waals surface area contributed by atoms with E-state index in [1.165, 1.54) is 5.56 Å². The molecule has 1 atom stereocenters. The van der Waals surface area contributed by atoms with Crippen LogP contribution in [0.15, 0.2) is 54.6 Å². The Labute approximate surface area is 173 Å². The Morgan fingerprint density at radius 3 is 2.45 bits per heavy atom. The Balaban J connectivity index is 1.70. The van der Waals surface area contributed by atoms with E-state index in [2.05, 4.69) is 36.3 Å². The molecule has 0 aromatic heterocycles. The van der Waals surface area contributed by atoms with Crippen LogP contribution >= 0.6 is 0 Å². The lowest BCUT2D eigenvalue weighted by Crippen LogP contribution is -2.35. The topological polar surface area (TPSA) is 52.7 Å². The summed E-state index contributed by atoms with van der Waals surface area (Å²) in [5, 5.41) is 2.99. The monoisotopic (exact) mass is 393 g/mol. The summed E-state index contributed by atoms with van der Waals surface area (Å²) in [6.45, 7) is 5.43. The Bertz CT molecular complexity index is 822. The van der Waals surface area contributed by atoms with Gasteiger partial charge in [-0.1, -0.05) is 49.4 Å². The van der Waals surface area contributed by atoms with Gasteiger partial charge in [0.15, 0.2) is 0 Å². The van der Waals surface area contributed by atoms with Gasteiger partial charge in [-0.15, -0.1) is 0 Å². The summed E-state index contributed by atoms with van der Waals surface area (Å²) in [7, 11) is 2.08. The van der Waals surface area contributed by atoms with Gasteiger partial charge in [0.1, 0.15) is 0 Å². The van der Waals surface area contributed by atoms with Crippen LogP contribution in [0.1, 0.15) is 48.0 Å². The maximum Gasteiger partial charge on any atom is 0.256 e. The molecule has 1 aliphatic heterocycles. The summed E-state index contributed by atoms with van der Waals surface area (Å²) < 4.78 is 0. The van der Waals surface area contributed by atoms with Gasteiger partial charge in [0, 0.05) is 26.1 Å². The third kappa shape index (κ3) is 5.67. The number of carbonyl (C=O) groups is 2. The van der Waals surface area contributed by atoms with Gasteiger partial charge in [-0.3, -0.25) is 9.59 Å². The van der Waals surface area contributed by atoms with Crippen LogP contribution in [0.25, 0.3) is 0 Å². The molecule has 2 amide bonds. The van der Waals surface area contributed by atoms with Gasteiger partial charge < -0.3 is 15.1 Å². The fourth-order valence-electron chi connectivity index (χ4n) is 3.85. The molecule has 0 saturated carbocycles. The van der Waals surface area contributed by atoms with Gasteiger partial charge in [-0.05, 0) is 50.0 Å². The minimum atomic E-state index is -0.0587. The van der Waals surface area contributed by atoms with Gasteiger partial charge in [-0.25, -0.2) is 0 Å². The number of nitrogens with one attached hydrogen (secondary N) is 1. The number of hydrogen-bond acceptors (Lipinski definition) is 3. The van der Waals surface area contributed by atoms with Crippen molar-refractivity contribution in [2.45, 2.75) is 32.1 Å². The second-order valence-electron chi connectivity index (χ2n) is 7.76. The molecule has 0 spiro atoms. The number of carbonyl (C=O) groups excluding carboxylic acids is 2. The Morgan fingerprint density at radius 2 is 1.69 bits per heavy atom.